The Labute approximate surface area is 218 Å². The molecule has 1 amide bonds. The minimum atomic E-state index is -0.991. The van der Waals surface area contributed by atoms with Crippen molar-refractivity contribution in [3.63, 3.8) is 0 Å². The second-order valence-electron chi connectivity index (χ2n) is 8.44. The van der Waals surface area contributed by atoms with E-state index in [0.29, 0.717) is 50.8 Å². The largest absolute Gasteiger partial charge is 0.494 e. The molecule has 8 nitrogen and oxygen atoms in total. The van der Waals surface area contributed by atoms with Crippen molar-refractivity contribution in [2.45, 2.75) is 52.1 Å². The van der Waals surface area contributed by atoms with Crippen LogP contribution in [0, 0.1) is 5.82 Å². The summed E-state index contributed by atoms with van der Waals surface area (Å²) in [5.74, 6) is -0.0710. The van der Waals surface area contributed by atoms with Crippen LogP contribution in [0.25, 0.3) is 0 Å². The molecule has 1 atom stereocenters. The van der Waals surface area contributed by atoms with Crippen LogP contribution in [0.1, 0.15) is 45.1 Å². The van der Waals surface area contributed by atoms with Crippen molar-refractivity contribution in [1.82, 2.24) is 4.90 Å². The second-order valence-corrected chi connectivity index (χ2v) is 8.44. The van der Waals surface area contributed by atoms with Crippen LogP contribution < -0.4 is 9.47 Å². The third-order valence-corrected chi connectivity index (χ3v) is 5.50. The van der Waals surface area contributed by atoms with Gasteiger partial charge in [0, 0.05) is 19.6 Å². The first-order chi connectivity index (χ1) is 17.9. The van der Waals surface area contributed by atoms with Crippen molar-refractivity contribution >= 4 is 12.1 Å². The SMILES string of the molecule is CCCCOC(=O)N(CCCCOc1ccc(F)cc1)CCOc1ccc(CC(OCC)C(=O)O)cc1. The number of carboxylic acids is 1. The molecule has 0 aliphatic rings. The van der Waals surface area contributed by atoms with Crippen LogP contribution in [0.3, 0.4) is 0 Å². The fourth-order valence-corrected chi connectivity index (χ4v) is 3.44. The van der Waals surface area contributed by atoms with Gasteiger partial charge < -0.3 is 29.0 Å². The van der Waals surface area contributed by atoms with Crippen LogP contribution in [0.4, 0.5) is 9.18 Å². The highest BCUT2D eigenvalue weighted by atomic mass is 19.1. The van der Waals surface area contributed by atoms with Gasteiger partial charge in [0.1, 0.15) is 23.9 Å². The zero-order chi connectivity index (χ0) is 26.9. The number of nitrogens with zero attached hydrogens (tertiary/aromatic N) is 1. The lowest BCUT2D eigenvalue weighted by atomic mass is 10.1. The number of halogens is 1. The minimum Gasteiger partial charge on any atom is -0.494 e. The van der Waals surface area contributed by atoms with Crippen LogP contribution in [0.2, 0.25) is 0 Å². The maximum Gasteiger partial charge on any atom is 0.409 e. The van der Waals surface area contributed by atoms with Gasteiger partial charge in [0.05, 0.1) is 19.8 Å². The molecule has 2 rings (SSSR count). The number of carbonyl (C=O) groups is 2. The van der Waals surface area contributed by atoms with Crippen molar-refractivity contribution in [2.24, 2.45) is 0 Å². The van der Waals surface area contributed by atoms with Gasteiger partial charge in [-0.25, -0.2) is 14.0 Å². The minimum absolute atomic E-state index is 0.270. The van der Waals surface area contributed by atoms with Crippen molar-refractivity contribution in [1.29, 1.82) is 0 Å². The smallest absolute Gasteiger partial charge is 0.409 e. The Morgan fingerprint density at radius 3 is 2.14 bits per heavy atom. The molecule has 0 saturated heterocycles. The standard InChI is InChI=1S/C28H38FNO7/c1-3-5-18-37-28(33)30(16-6-7-19-35-25-14-10-23(29)11-15-25)17-20-36-24-12-8-22(9-13-24)21-26(27(31)32)34-4-2/h8-15,26H,3-7,16-21H2,1-2H3,(H,31,32). The van der Waals surface area contributed by atoms with E-state index in [1.54, 1.807) is 36.1 Å². The number of aliphatic carboxylic acids is 1. The zero-order valence-corrected chi connectivity index (χ0v) is 21.7. The molecule has 0 aliphatic carbocycles. The van der Waals surface area contributed by atoms with E-state index in [9.17, 15) is 19.1 Å². The quantitative estimate of drug-likeness (QED) is 0.266. The van der Waals surface area contributed by atoms with E-state index in [-0.39, 0.29) is 24.9 Å². The summed E-state index contributed by atoms with van der Waals surface area (Å²) in [5.41, 5.74) is 0.831. The summed E-state index contributed by atoms with van der Waals surface area (Å²) in [6.45, 7) is 6.09. The fraction of sp³-hybridized carbons (Fsp3) is 0.500. The molecule has 2 aromatic rings. The molecule has 0 radical (unpaired) electrons. The van der Waals surface area contributed by atoms with Crippen LogP contribution in [0.5, 0.6) is 11.5 Å². The van der Waals surface area contributed by atoms with E-state index < -0.39 is 12.1 Å². The van der Waals surface area contributed by atoms with Gasteiger partial charge in [-0.2, -0.15) is 0 Å². The molecule has 0 aliphatic heterocycles. The summed E-state index contributed by atoms with van der Waals surface area (Å²) in [4.78, 5) is 25.5. The molecule has 2 aromatic carbocycles. The van der Waals surface area contributed by atoms with E-state index in [1.807, 2.05) is 19.1 Å². The number of benzene rings is 2. The van der Waals surface area contributed by atoms with Gasteiger partial charge in [-0.1, -0.05) is 25.5 Å². The number of amides is 1. The van der Waals surface area contributed by atoms with E-state index in [1.165, 1.54) is 12.1 Å². The molecular weight excluding hydrogens is 481 g/mol. The van der Waals surface area contributed by atoms with Gasteiger partial charge in [-0.3, -0.25) is 0 Å². The molecule has 1 unspecified atom stereocenters. The molecule has 0 aromatic heterocycles. The lowest BCUT2D eigenvalue weighted by molar-refractivity contribution is -0.149. The van der Waals surface area contributed by atoms with Crippen molar-refractivity contribution in [2.75, 3.05) is 39.5 Å². The molecule has 0 bridgehead atoms. The van der Waals surface area contributed by atoms with Crippen LogP contribution in [0.15, 0.2) is 48.5 Å². The van der Waals surface area contributed by atoms with Gasteiger partial charge in [0.2, 0.25) is 0 Å². The Morgan fingerprint density at radius 2 is 1.51 bits per heavy atom. The molecule has 0 saturated carbocycles. The first-order valence-electron chi connectivity index (χ1n) is 12.8. The first kappa shape index (κ1) is 29.9. The van der Waals surface area contributed by atoms with Gasteiger partial charge in [-0.05, 0) is 68.1 Å². The van der Waals surface area contributed by atoms with Crippen molar-refractivity contribution < 1.29 is 38.0 Å². The Balaban J connectivity index is 1.80. The Bertz CT molecular complexity index is 921. The van der Waals surface area contributed by atoms with Gasteiger partial charge in [0.25, 0.3) is 0 Å². The summed E-state index contributed by atoms with van der Waals surface area (Å²) in [5, 5.41) is 9.24. The maximum atomic E-state index is 13.0. The number of rotatable bonds is 18. The average Bonchev–Trinajstić information content (AvgIpc) is 2.89. The first-order valence-corrected chi connectivity index (χ1v) is 12.8. The number of carboxylic acid groups (broad SMARTS) is 1. The number of unbranched alkanes of at least 4 members (excludes halogenated alkanes) is 2. The third-order valence-electron chi connectivity index (χ3n) is 5.50. The Morgan fingerprint density at radius 1 is 0.865 bits per heavy atom. The second kappa shape index (κ2) is 17.2. The molecule has 0 heterocycles. The highest BCUT2D eigenvalue weighted by Gasteiger charge is 2.18. The van der Waals surface area contributed by atoms with Gasteiger partial charge >= 0.3 is 12.1 Å². The predicted octanol–water partition coefficient (Wildman–Crippen LogP) is 5.33. The van der Waals surface area contributed by atoms with Crippen LogP contribution >= 0.6 is 0 Å². The summed E-state index contributed by atoms with van der Waals surface area (Å²) >= 11 is 0. The van der Waals surface area contributed by atoms with Crippen molar-refractivity contribution in [3.8, 4) is 11.5 Å². The molecule has 9 heteroatoms. The molecular formula is C28H38FNO7. The molecule has 0 spiro atoms. The molecule has 1 N–H and O–H groups in total. The van der Waals surface area contributed by atoms with Crippen molar-refractivity contribution in [3.05, 3.63) is 59.9 Å². The predicted molar refractivity (Wildman–Crippen MR) is 138 cm³/mol. The maximum absolute atomic E-state index is 13.0. The van der Waals surface area contributed by atoms with E-state index in [0.717, 1.165) is 24.8 Å². The number of ether oxygens (including phenoxy) is 4. The summed E-state index contributed by atoms with van der Waals surface area (Å²) in [7, 11) is 0. The summed E-state index contributed by atoms with van der Waals surface area (Å²) < 4.78 is 35.1. The molecule has 204 valence electrons. The molecule has 0 fully saturated rings. The average molecular weight is 520 g/mol. The lowest BCUT2D eigenvalue weighted by Gasteiger charge is -2.22. The highest BCUT2D eigenvalue weighted by molar-refractivity contribution is 5.72. The topological polar surface area (TPSA) is 94.5 Å². The summed E-state index contributed by atoms with van der Waals surface area (Å²) in [6, 6.07) is 13.0. The number of hydrogen-bond donors (Lipinski definition) is 1. The number of hydrogen-bond acceptors (Lipinski definition) is 6. The van der Waals surface area contributed by atoms with E-state index in [2.05, 4.69) is 0 Å². The lowest BCUT2D eigenvalue weighted by Crippen LogP contribution is -2.36. The normalized spacial score (nSPS) is 11.5. The van der Waals surface area contributed by atoms with Crippen LogP contribution in [-0.4, -0.2) is 67.7 Å². The highest BCUT2D eigenvalue weighted by Crippen LogP contribution is 2.15. The Hall–Kier alpha value is -3.33. The van der Waals surface area contributed by atoms with Gasteiger partial charge in [0.15, 0.2) is 6.10 Å². The van der Waals surface area contributed by atoms with E-state index in [4.69, 9.17) is 18.9 Å². The number of carbonyl (C=O) groups excluding carboxylic acids is 1. The zero-order valence-electron chi connectivity index (χ0n) is 21.7. The fourth-order valence-electron chi connectivity index (χ4n) is 3.44. The van der Waals surface area contributed by atoms with Crippen LogP contribution in [-0.2, 0) is 20.7 Å². The monoisotopic (exact) mass is 519 g/mol. The Kier molecular flexibility index (Phi) is 13.9. The third kappa shape index (κ3) is 12.0. The van der Waals surface area contributed by atoms with Gasteiger partial charge in [-0.15, -0.1) is 0 Å². The molecule has 37 heavy (non-hydrogen) atoms. The van der Waals surface area contributed by atoms with E-state index >= 15 is 0 Å². The summed E-state index contributed by atoms with van der Waals surface area (Å²) in [6.07, 6.45) is 2.19.